The maximum atomic E-state index is 5.30. The van der Waals surface area contributed by atoms with Crippen LogP contribution >= 0.6 is 0 Å². The molecule has 1 unspecified atom stereocenters. The average molecular weight is 230 g/mol. The first-order chi connectivity index (χ1) is 8.42. The SMILES string of the molecule is c1cc(Cc2noc(C3CCNC3)n2)ccn1. The largest absolute Gasteiger partial charge is 0.339 e. The van der Waals surface area contributed by atoms with Gasteiger partial charge in [-0.3, -0.25) is 4.98 Å². The minimum absolute atomic E-state index is 0.383. The molecule has 0 saturated carbocycles. The summed E-state index contributed by atoms with van der Waals surface area (Å²) in [6, 6.07) is 3.93. The summed E-state index contributed by atoms with van der Waals surface area (Å²) in [4.78, 5) is 8.43. The first kappa shape index (κ1) is 10.4. The highest BCUT2D eigenvalue weighted by Gasteiger charge is 2.22. The first-order valence-corrected chi connectivity index (χ1v) is 5.84. The lowest BCUT2D eigenvalue weighted by molar-refractivity contribution is 0.355. The van der Waals surface area contributed by atoms with Crippen molar-refractivity contribution in [3.8, 4) is 0 Å². The number of rotatable bonds is 3. The first-order valence-electron chi connectivity index (χ1n) is 5.84. The molecule has 1 N–H and O–H groups in total. The van der Waals surface area contributed by atoms with Gasteiger partial charge >= 0.3 is 0 Å². The maximum absolute atomic E-state index is 5.30. The van der Waals surface area contributed by atoms with Gasteiger partial charge in [-0.05, 0) is 30.7 Å². The molecule has 0 aliphatic carbocycles. The standard InChI is InChI=1S/C12H14N4O/c1-4-13-5-2-9(1)7-11-15-12(17-16-11)10-3-6-14-8-10/h1-2,4-5,10,14H,3,6-8H2. The van der Waals surface area contributed by atoms with Crippen LogP contribution < -0.4 is 5.32 Å². The van der Waals surface area contributed by atoms with Gasteiger partial charge in [-0.2, -0.15) is 4.98 Å². The van der Waals surface area contributed by atoms with E-state index in [1.807, 2.05) is 12.1 Å². The summed E-state index contributed by atoms with van der Waals surface area (Å²) in [6.45, 7) is 1.98. The second kappa shape index (κ2) is 4.63. The Labute approximate surface area is 99.3 Å². The van der Waals surface area contributed by atoms with Crippen molar-refractivity contribution in [2.75, 3.05) is 13.1 Å². The summed E-state index contributed by atoms with van der Waals surface area (Å²) in [5.74, 6) is 1.89. The van der Waals surface area contributed by atoms with Crippen LogP contribution in [0.3, 0.4) is 0 Å². The average Bonchev–Trinajstić information content (AvgIpc) is 3.00. The van der Waals surface area contributed by atoms with Crippen molar-refractivity contribution < 1.29 is 4.52 Å². The monoisotopic (exact) mass is 230 g/mol. The minimum atomic E-state index is 0.383. The molecule has 3 heterocycles. The third-order valence-corrected chi connectivity index (χ3v) is 3.00. The third-order valence-electron chi connectivity index (χ3n) is 3.00. The van der Waals surface area contributed by atoms with Crippen LogP contribution in [0.4, 0.5) is 0 Å². The molecule has 0 aromatic carbocycles. The van der Waals surface area contributed by atoms with E-state index < -0.39 is 0 Å². The van der Waals surface area contributed by atoms with Gasteiger partial charge in [0.25, 0.3) is 0 Å². The van der Waals surface area contributed by atoms with Gasteiger partial charge < -0.3 is 9.84 Å². The number of hydrogen-bond donors (Lipinski definition) is 1. The fourth-order valence-corrected chi connectivity index (χ4v) is 2.05. The maximum Gasteiger partial charge on any atom is 0.231 e. The van der Waals surface area contributed by atoms with E-state index in [9.17, 15) is 0 Å². The van der Waals surface area contributed by atoms with E-state index in [1.54, 1.807) is 12.4 Å². The minimum Gasteiger partial charge on any atom is -0.339 e. The van der Waals surface area contributed by atoms with Crippen molar-refractivity contribution in [3.63, 3.8) is 0 Å². The molecular weight excluding hydrogens is 216 g/mol. The number of pyridine rings is 1. The molecule has 5 nitrogen and oxygen atoms in total. The second-order valence-corrected chi connectivity index (χ2v) is 4.27. The van der Waals surface area contributed by atoms with Crippen molar-refractivity contribution in [1.82, 2.24) is 20.4 Å². The lowest BCUT2D eigenvalue weighted by Gasteiger charge is -1.98. The molecular formula is C12H14N4O. The van der Waals surface area contributed by atoms with Gasteiger partial charge in [-0.1, -0.05) is 5.16 Å². The smallest absolute Gasteiger partial charge is 0.231 e. The zero-order valence-corrected chi connectivity index (χ0v) is 9.47. The Kier molecular flexibility index (Phi) is 2.83. The van der Waals surface area contributed by atoms with Crippen LogP contribution in [0.15, 0.2) is 29.0 Å². The molecule has 88 valence electrons. The summed E-state index contributed by atoms with van der Waals surface area (Å²) in [5, 5.41) is 7.32. The van der Waals surface area contributed by atoms with E-state index in [-0.39, 0.29) is 0 Å². The van der Waals surface area contributed by atoms with Gasteiger partial charge in [0.05, 0.1) is 5.92 Å². The third kappa shape index (κ3) is 2.34. The molecule has 17 heavy (non-hydrogen) atoms. The molecule has 0 spiro atoms. The Balaban J connectivity index is 1.72. The Morgan fingerprint density at radius 1 is 1.35 bits per heavy atom. The molecule has 2 aromatic rings. The Morgan fingerprint density at radius 3 is 3.00 bits per heavy atom. The highest BCUT2D eigenvalue weighted by atomic mass is 16.5. The summed E-state index contributed by atoms with van der Waals surface area (Å²) in [7, 11) is 0. The highest BCUT2D eigenvalue weighted by Crippen LogP contribution is 2.20. The van der Waals surface area contributed by atoms with Gasteiger partial charge in [0, 0.05) is 25.4 Å². The predicted octanol–water partition coefficient (Wildman–Crippen LogP) is 1.13. The van der Waals surface area contributed by atoms with Crippen molar-refractivity contribution in [2.24, 2.45) is 0 Å². The molecule has 0 amide bonds. The second-order valence-electron chi connectivity index (χ2n) is 4.27. The quantitative estimate of drug-likeness (QED) is 0.856. The molecule has 1 fully saturated rings. The lowest BCUT2D eigenvalue weighted by atomic mass is 10.1. The number of nitrogens with one attached hydrogen (secondary N) is 1. The van der Waals surface area contributed by atoms with E-state index in [1.165, 1.54) is 0 Å². The summed E-state index contributed by atoms with van der Waals surface area (Å²) < 4.78 is 5.30. The van der Waals surface area contributed by atoms with Gasteiger partial charge in [-0.15, -0.1) is 0 Å². The van der Waals surface area contributed by atoms with Crippen LogP contribution in [0.25, 0.3) is 0 Å². The molecule has 3 rings (SSSR count). The molecule has 1 atom stereocenters. The fourth-order valence-electron chi connectivity index (χ4n) is 2.05. The normalized spacial score (nSPS) is 19.6. The fraction of sp³-hybridized carbons (Fsp3) is 0.417. The Bertz CT molecular complexity index is 476. The van der Waals surface area contributed by atoms with E-state index in [2.05, 4.69) is 20.4 Å². The van der Waals surface area contributed by atoms with E-state index >= 15 is 0 Å². The molecule has 1 aliphatic rings. The molecule has 0 bridgehead atoms. The molecule has 1 aliphatic heterocycles. The van der Waals surface area contributed by atoms with Gasteiger partial charge in [0.1, 0.15) is 0 Å². The summed E-state index contributed by atoms with van der Waals surface area (Å²) in [5.41, 5.74) is 1.15. The summed E-state index contributed by atoms with van der Waals surface area (Å²) in [6.07, 6.45) is 5.33. The molecule has 0 radical (unpaired) electrons. The van der Waals surface area contributed by atoms with Crippen LogP contribution in [-0.2, 0) is 6.42 Å². The Morgan fingerprint density at radius 2 is 2.24 bits per heavy atom. The van der Waals surface area contributed by atoms with E-state index in [4.69, 9.17) is 4.52 Å². The van der Waals surface area contributed by atoms with Gasteiger partial charge in [0.15, 0.2) is 5.82 Å². The van der Waals surface area contributed by atoms with Crippen LogP contribution in [0.5, 0.6) is 0 Å². The zero-order chi connectivity index (χ0) is 11.5. The predicted molar refractivity (Wildman–Crippen MR) is 61.6 cm³/mol. The summed E-state index contributed by atoms with van der Waals surface area (Å²) >= 11 is 0. The van der Waals surface area contributed by atoms with Crippen LogP contribution in [0.1, 0.15) is 29.6 Å². The van der Waals surface area contributed by atoms with Crippen LogP contribution in [0, 0.1) is 0 Å². The Hall–Kier alpha value is -1.75. The van der Waals surface area contributed by atoms with E-state index in [0.29, 0.717) is 12.3 Å². The number of nitrogens with zero attached hydrogens (tertiary/aromatic N) is 3. The van der Waals surface area contributed by atoms with Crippen molar-refractivity contribution in [3.05, 3.63) is 41.8 Å². The topological polar surface area (TPSA) is 63.8 Å². The zero-order valence-electron chi connectivity index (χ0n) is 9.47. The van der Waals surface area contributed by atoms with E-state index in [0.717, 1.165) is 36.8 Å². The number of aromatic nitrogens is 3. The van der Waals surface area contributed by atoms with Crippen LogP contribution in [0.2, 0.25) is 0 Å². The van der Waals surface area contributed by atoms with Crippen molar-refractivity contribution >= 4 is 0 Å². The van der Waals surface area contributed by atoms with Crippen LogP contribution in [-0.4, -0.2) is 28.2 Å². The molecule has 1 saturated heterocycles. The van der Waals surface area contributed by atoms with Crippen molar-refractivity contribution in [1.29, 1.82) is 0 Å². The van der Waals surface area contributed by atoms with Gasteiger partial charge in [0.2, 0.25) is 5.89 Å². The molecule has 2 aromatic heterocycles. The van der Waals surface area contributed by atoms with Gasteiger partial charge in [-0.25, -0.2) is 0 Å². The number of hydrogen-bond acceptors (Lipinski definition) is 5. The molecule has 5 heteroatoms. The highest BCUT2D eigenvalue weighted by molar-refractivity contribution is 5.15. The lowest BCUT2D eigenvalue weighted by Crippen LogP contribution is -2.08. The van der Waals surface area contributed by atoms with Crippen molar-refractivity contribution in [2.45, 2.75) is 18.8 Å².